The van der Waals surface area contributed by atoms with Crippen molar-refractivity contribution in [2.24, 2.45) is 11.8 Å². The van der Waals surface area contributed by atoms with Crippen LogP contribution in [0.25, 0.3) is 10.9 Å². The molecular formula is C30H42N4O6S. The second-order valence-electron chi connectivity index (χ2n) is 11.8. The number of hydrogen-bond acceptors (Lipinski definition) is 7. The van der Waals surface area contributed by atoms with E-state index in [1.807, 2.05) is 18.2 Å². The van der Waals surface area contributed by atoms with Gasteiger partial charge in [-0.25, -0.2) is 0 Å². The molecule has 1 aliphatic carbocycles. The van der Waals surface area contributed by atoms with Gasteiger partial charge in [0.1, 0.15) is 16.7 Å². The Labute approximate surface area is 245 Å². The van der Waals surface area contributed by atoms with E-state index in [1.165, 1.54) is 6.42 Å². The van der Waals surface area contributed by atoms with Crippen molar-refractivity contribution >= 4 is 40.6 Å². The lowest BCUT2D eigenvalue weighted by molar-refractivity contribution is -0.125. The Hall–Kier alpha value is -2.76. The van der Waals surface area contributed by atoms with Gasteiger partial charge in [-0.1, -0.05) is 38.2 Å². The molecule has 3 fully saturated rings. The third kappa shape index (κ3) is 7.18. The van der Waals surface area contributed by atoms with E-state index in [4.69, 9.17) is 9.47 Å². The van der Waals surface area contributed by atoms with Crippen molar-refractivity contribution < 1.29 is 29.0 Å². The Bertz CT molecular complexity index is 1220. The molecule has 224 valence electrons. The Morgan fingerprint density at radius 2 is 1.98 bits per heavy atom. The summed E-state index contributed by atoms with van der Waals surface area (Å²) in [6.07, 6.45) is 8.92. The van der Waals surface area contributed by atoms with Crippen molar-refractivity contribution in [2.75, 3.05) is 26.9 Å². The zero-order valence-electron chi connectivity index (χ0n) is 23.7. The molecule has 1 aromatic heterocycles. The molecule has 3 aliphatic rings. The van der Waals surface area contributed by atoms with E-state index in [2.05, 4.69) is 20.3 Å². The van der Waals surface area contributed by atoms with Crippen LogP contribution in [0.5, 0.6) is 5.75 Å². The average molecular weight is 587 g/mol. The fourth-order valence-electron chi connectivity index (χ4n) is 6.62. The standard InChI is InChI=1S/C30H42N4O6S/c1-39-25-9-5-8-23-22(25)16-24(32-23)28(37)34-41-26(14-19-6-3-2-4-7-19)29(38)31-21(18-35)15-20-17-30(33-27(20)36)10-12-40-13-11-30/h5,8-9,16,19-21,26,32,35H,2-4,6-7,10-15,17-18H2,1H3,(H,31,38)(H,33,36)(H,34,37)/t20?,21?,26-/m0/s1. The molecule has 1 aromatic carbocycles. The van der Waals surface area contributed by atoms with Crippen LogP contribution in [0.1, 0.15) is 74.7 Å². The highest BCUT2D eigenvalue weighted by Gasteiger charge is 2.45. The zero-order chi connectivity index (χ0) is 28.8. The topological polar surface area (TPSA) is 142 Å². The molecule has 3 amide bonds. The molecule has 2 aromatic rings. The van der Waals surface area contributed by atoms with Crippen LogP contribution in [-0.2, 0) is 14.3 Å². The van der Waals surface area contributed by atoms with Gasteiger partial charge in [-0.3, -0.25) is 19.1 Å². The lowest BCUT2D eigenvalue weighted by Gasteiger charge is -2.33. The number of carbonyl (C=O) groups excluding carboxylic acids is 3. The van der Waals surface area contributed by atoms with Crippen molar-refractivity contribution in [1.29, 1.82) is 0 Å². The molecule has 5 N–H and O–H groups in total. The number of ether oxygens (including phenoxy) is 2. The molecule has 5 rings (SSSR count). The molecule has 2 aliphatic heterocycles. The maximum absolute atomic E-state index is 13.6. The highest BCUT2D eigenvalue weighted by atomic mass is 32.2. The zero-order valence-corrected chi connectivity index (χ0v) is 24.5. The van der Waals surface area contributed by atoms with Crippen LogP contribution in [0.15, 0.2) is 24.3 Å². The van der Waals surface area contributed by atoms with E-state index in [0.717, 1.165) is 61.4 Å². The van der Waals surface area contributed by atoms with Gasteiger partial charge in [0, 0.05) is 35.6 Å². The Morgan fingerprint density at radius 1 is 1.20 bits per heavy atom. The molecule has 41 heavy (non-hydrogen) atoms. The third-order valence-electron chi connectivity index (χ3n) is 8.93. The monoisotopic (exact) mass is 586 g/mol. The van der Waals surface area contributed by atoms with Crippen LogP contribution < -0.4 is 20.1 Å². The van der Waals surface area contributed by atoms with E-state index >= 15 is 0 Å². The summed E-state index contributed by atoms with van der Waals surface area (Å²) in [4.78, 5) is 42.6. The van der Waals surface area contributed by atoms with Crippen molar-refractivity contribution in [3.63, 3.8) is 0 Å². The van der Waals surface area contributed by atoms with Crippen molar-refractivity contribution in [3.8, 4) is 5.75 Å². The lowest BCUT2D eigenvalue weighted by Crippen LogP contribution is -2.46. The van der Waals surface area contributed by atoms with Crippen molar-refractivity contribution in [1.82, 2.24) is 20.3 Å². The number of rotatable bonds is 11. The van der Waals surface area contributed by atoms with Gasteiger partial charge in [-0.05, 0) is 68.2 Å². The molecule has 10 nitrogen and oxygen atoms in total. The second kappa shape index (κ2) is 13.5. The van der Waals surface area contributed by atoms with Gasteiger partial charge in [0.15, 0.2) is 0 Å². The number of benzene rings is 1. The van der Waals surface area contributed by atoms with E-state index < -0.39 is 11.3 Å². The number of aliphatic hydroxyl groups is 1. The molecule has 11 heteroatoms. The van der Waals surface area contributed by atoms with Crippen molar-refractivity contribution in [3.05, 3.63) is 30.0 Å². The van der Waals surface area contributed by atoms with E-state index in [9.17, 15) is 19.5 Å². The van der Waals surface area contributed by atoms with E-state index in [0.29, 0.717) is 49.8 Å². The van der Waals surface area contributed by atoms with Crippen LogP contribution >= 0.6 is 11.9 Å². The quantitative estimate of drug-likeness (QED) is 0.254. The smallest absolute Gasteiger partial charge is 0.277 e. The molecule has 2 unspecified atom stereocenters. The van der Waals surface area contributed by atoms with Crippen LogP contribution in [0.2, 0.25) is 0 Å². The molecule has 3 heterocycles. The first-order valence-electron chi connectivity index (χ1n) is 14.8. The summed E-state index contributed by atoms with van der Waals surface area (Å²) in [5, 5.41) is 16.6. The van der Waals surface area contributed by atoms with Gasteiger partial charge in [0.2, 0.25) is 11.8 Å². The van der Waals surface area contributed by atoms with Gasteiger partial charge in [-0.15, -0.1) is 0 Å². The average Bonchev–Trinajstić information content (AvgIpc) is 3.56. The first-order chi connectivity index (χ1) is 19.9. The predicted molar refractivity (Wildman–Crippen MR) is 158 cm³/mol. The van der Waals surface area contributed by atoms with Gasteiger partial charge < -0.3 is 30.2 Å². The fraction of sp³-hybridized carbons (Fsp3) is 0.633. The van der Waals surface area contributed by atoms with Gasteiger partial charge in [0.05, 0.1) is 19.8 Å². The first kappa shape index (κ1) is 29.7. The molecule has 0 radical (unpaired) electrons. The maximum atomic E-state index is 13.6. The Kier molecular flexibility index (Phi) is 9.77. The molecular weight excluding hydrogens is 544 g/mol. The molecule has 1 spiro atoms. The van der Waals surface area contributed by atoms with Crippen LogP contribution in [0.4, 0.5) is 0 Å². The largest absolute Gasteiger partial charge is 0.496 e. The van der Waals surface area contributed by atoms with Crippen molar-refractivity contribution in [2.45, 2.75) is 81.0 Å². The number of aliphatic hydroxyl groups excluding tert-OH is 1. The normalized spacial score (nSPS) is 22.3. The number of fused-ring (bicyclic) bond motifs is 1. The lowest BCUT2D eigenvalue weighted by atomic mass is 9.84. The first-order valence-corrected chi connectivity index (χ1v) is 15.7. The second-order valence-corrected chi connectivity index (χ2v) is 12.8. The summed E-state index contributed by atoms with van der Waals surface area (Å²) in [6.45, 7) is 1.01. The molecule has 1 saturated carbocycles. The van der Waals surface area contributed by atoms with E-state index in [-0.39, 0.29) is 35.8 Å². The van der Waals surface area contributed by atoms with E-state index in [1.54, 1.807) is 13.2 Å². The highest BCUT2D eigenvalue weighted by molar-refractivity contribution is 7.99. The van der Waals surface area contributed by atoms with Gasteiger partial charge >= 0.3 is 0 Å². The number of hydrogen-bond donors (Lipinski definition) is 5. The highest BCUT2D eigenvalue weighted by Crippen LogP contribution is 2.36. The summed E-state index contributed by atoms with van der Waals surface area (Å²) >= 11 is 1.12. The number of aromatic amines is 1. The Morgan fingerprint density at radius 3 is 2.71 bits per heavy atom. The summed E-state index contributed by atoms with van der Waals surface area (Å²) in [6, 6.07) is 6.78. The minimum absolute atomic E-state index is 0.0186. The number of methoxy groups -OCH3 is 1. The number of H-pyrrole nitrogens is 1. The summed E-state index contributed by atoms with van der Waals surface area (Å²) in [5.74, 6) is 0.246. The Balaban J connectivity index is 1.22. The number of amides is 3. The van der Waals surface area contributed by atoms with Gasteiger partial charge in [-0.2, -0.15) is 0 Å². The summed E-state index contributed by atoms with van der Waals surface area (Å²) in [7, 11) is 1.59. The summed E-state index contributed by atoms with van der Waals surface area (Å²) in [5.41, 5.74) is 0.942. The minimum atomic E-state index is -0.542. The number of nitrogens with one attached hydrogen (secondary N) is 4. The van der Waals surface area contributed by atoms with Crippen LogP contribution in [0, 0.1) is 11.8 Å². The third-order valence-corrected chi connectivity index (χ3v) is 9.92. The van der Waals surface area contributed by atoms with Crippen LogP contribution in [0.3, 0.4) is 0 Å². The minimum Gasteiger partial charge on any atom is -0.496 e. The van der Waals surface area contributed by atoms with Crippen LogP contribution in [-0.4, -0.2) is 71.6 Å². The molecule has 3 atom stereocenters. The maximum Gasteiger partial charge on any atom is 0.277 e. The SMILES string of the molecule is COc1cccc2[nH]c(C(=O)NS[C@@H](CC3CCCCC3)C(=O)NC(CO)CC3CC4(CCOCC4)NC3=O)cc12. The number of aromatic nitrogens is 1. The molecule has 2 saturated heterocycles. The predicted octanol–water partition coefficient (Wildman–Crippen LogP) is 3.45. The fourth-order valence-corrected chi connectivity index (χ4v) is 7.52. The summed E-state index contributed by atoms with van der Waals surface area (Å²) < 4.78 is 13.8. The number of carbonyl (C=O) groups is 3. The van der Waals surface area contributed by atoms with Gasteiger partial charge in [0.25, 0.3) is 5.91 Å². The molecule has 0 bridgehead atoms.